The van der Waals surface area contributed by atoms with Crippen molar-refractivity contribution in [2.24, 2.45) is 5.92 Å². The van der Waals surface area contributed by atoms with Gasteiger partial charge in [0, 0.05) is 35.9 Å². The Morgan fingerprint density at radius 2 is 2.00 bits per heavy atom. The molecule has 2 aliphatic rings. The number of hydrogen-bond donors (Lipinski definition) is 0. The molecule has 5 heteroatoms. The second-order valence-corrected chi connectivity index (χ2v) is 9.83. The van der Waals surface area contributed by atoms with Gasteiger partial charge in [-0.3, -0.25) is 9.20 Å². The maximum absolute atomic E-state index is 13.1. The molecule has 1 saturated heterocycles. The fourth-order valence-electron chi connectivity index (χ4n) is 4.80. The van der Waals surface area contributed by atoms with Crippen molar-refractivity contribution >= 4 is 11.2 Å². The second kappa shape index (κ2) is 10.1. The third-order valence-electron chi connectivity index (χ3n) is 7.63. The van der Waals surface area contributed by atoms with E-state index in [-0.39, 0.29) is 5.56 Å². The maximum Gasteiger partial charge on any atom is 0.258 e. The molecule has 34 heavy (non-hydrogen) atoms. The Kier molecular flexibility index (Phi) is 7.22. The molecule has 4 rings (SSSR count). The quantitative estimate of drug-likeness (QED) is 0.535. The lowest BCUT2D eigenvalue weighted by molar-refractivity contribution is 0.222. The first-order chi connectivity index (χ1) is 16.3. The minimum absolute atomic E-state index is 0.0397. The summed E-state index contributed by atoms with van der Waals surface area (Å²) in [6.07, 6.45) is 11.6. The zero-order valence-electron chi connectivity index (χ0n) is 21.3. The van der Waals surface area contributed by atoms with E-state index in [2.05, 4.69) is 69.3 Å². The van der Waals surface area contributed by atoms with Crippen LogP contribution in [0.3, 0.4) is 0 Å². The van der Waals surface area contributed by atoms with E-state index < -0.39 is 0 Å². The van der Waals surface area contributed by atoms with Crippen molar-refractivity contribution in [3.63, 3.8) is 0 Å². The fourth-order valence-corrected chi connectivity index (χ4v) is 4.80. The minimum Gasteiger partial charge on any atom is -0.324 e. The second-order valence-electron chi connectivity index (χ2n) is 9.83. The average Bonchev–Trinajstić information content (AvgIpc) is 2.85. The van der Waals surface area contributed by atoms with Crippen LogP contribution in [-0.2, 0) is 0 Å². The Labute approximate surface area is 203 Å². The van der Waals surface area contributed by atoms with Crippen molar-refractivity contribution in [1.29, 1.82) is 0 Å². The Morgan fingerprint density at radius 3 is 2.68 bits per heavy atom. The summed E-state index contributed by atoms with van der Waals surface area (Å²) in [6, 6.07) is 5.81. The van der Waals surface area contributed by atoms with E-state index in [4.69, 9.17) is 4.98 Å². The predicted octanol–water partition coefficient (Wildman–Crippen LogP) is 5.96. The van der Waals surface area contributed by atoms with Crippen LogP contribution in [0.15, 0.2) is 71.1 Å². The highest BCUT2D eigenvalue weighted by molar-refractivity contribution is 5.76. The zero-order valence-corrected chi connectivity index (χ0v) is 21.3. The molecule has 0 bridgehead atoms. The number of allylic oxidation sites excluding steroid dienone is 4. The minimum atomic E-state index is -0.0397. The van der Waals surface area contributed by atoms with E-state index in [0.29, 0.717) is 23.2 Å². The molecule has 5 nitrogen and oxygen atoms in total. The van der Waals surface area contributed by atoms with Gasteiger partial charge in [-0.15, -0.1) is 0 Å². The van der Waals surface area contributed by atoms with E-state index in [0.717, 1.165) is 55.7 Å². The molecule has 0 aromatic carbocycles. The van der Waals surface area contributed by atoms with Crippen molar-refractivity contribution in [2.45, 2.75) is 59.8 Å². The van der Waals surface area contributed by atoms with Crippen molar-refractivity contribution in [3.8, 4) is 0 Å². The highest BCUT2D eigenvalue weighted by Gasteiger charge is 2.21. The Hall–Kier alpha value is -2.92. The van der Waals surface area contributed by atoms with Crippen molar-refractivity contribution in [1.82, 2.24) is 19.2 Å². The van der Waals surface area contributed by atoms with Gasteiger partial charge in [0.05, 0.1) is 5.69 Å². The van der Waals surface area contributed by atoms with Gasteiger partial charge in [-0.25, -0.2) is 4.98 Å². The predicted molar refractivity (Wildman–Crippen MR) is 141 cm³/mol. The van der Waals surface area contributed by atoms with Gasteiger partial charge in [-0.1, -0.05) is 39.0 Å². The van der Waals surface area contributed by atoms with Crippen LogP contribution in [0.5, 0.6) is 0 Å². The molecule has 0 N–H and O–H groups in total. The van der Waals surface area contributed by atoms with Crippen molar-refractivity contribution in [2.75, 3.05) is 19.6 Å². The van der Waals surface area contributed by atoms with Crippen LogP contribution in [0, 0.1) is 5.92 Å². The summed E-state index contributed by atoms with van der Waals surface area (Å²) in [5.41, 5.74) is 6.82. The first-order valence-electron chi connectivity index (χ1n) is 12.6. The first-order valence-corrected chi connectivity index (χ1v) is 12.6. The summed E-state index contributed by atoms with van der Waals surface area (Å²) in [6.45, 7) is 18.5. The normalized spacial score (nSPS) is 19.4. The number of aromatic nitrogens is 2. The first kappa shape index (κ1) is 24.2. The molecule has 2 aliphatic heterocycles. The summed E-state index contributed by atoms with van der Waals surface area (Å²) in [5.74, 6) is 1.01. The molecular formula is C29H38N4O. The molecule has 0 spiro atoms. The lowest BCUT2D eigenvalue weighted by Crippen LogP contribution is -2.32. The Bertz CT molecular complexity index is 1220. The van der Waals surface area contributed by atoms with Gasteiger partial charge in [-0.05, 0) is 87.9 Å². The molecule has 1 fully saturated rings. The molecule has 0 saturated carbocycles. The van der Waals surface area contributed by atoms with Crippen LogP contribution in [0.2, 0.25) is 0 Å². The molecule has 2 aromatic heterocycles. The molecule has 2 aromatic rings. The van der Waals surface area contributed by atoms with Crippen LogP contribution >= 0.6 is 0 Å². The van der Waals surface area contributed by atoms with Gasteiger partial charge < -0.3 is 9.80 Å². The Morgan fingerprint density at radius 1 is 1.26 bits per heavy atom. The van der Waals surface area contributed by atoms with Gasteiger partial charge >= 0.3 is 0 Å². The van der Waals surface area contributed by atoms with Crippen LogP contribution in [-0.4, -0.2) is 38.8 Å². The molecule has 0 amide bonds. The average molecular weight is 459 g/mol. The molecule has 180 valence electrons. The van der Waals surface area contributed by atoms with Gasteiger partial charge in [0.2, 0.25) is 0 Å². The van der Waals surface area contributed by atoms with E-state index >= 15 is 0 Å². The molecule has 0 radical (unpaired) electrons. The van der Waals surface area contributed by atoms with Gasteiger partial charge in [-0.2, -0.15) is 0 Å². The summed E-state index contributed by atoms with van der Waals surface area (Å²) in [4.78, 5) is 22.6. The smallest absolute Gasteiger partial charge is 0.258 e. The monoisotopic (exact) mass is 458 g/mol. The SMILES string of the molecule is C=C1C(C)=CC(c2cc(=O)n3cc(C4CCN(CC)CC4)ccc3n2)=CN1/C=C(/C)C(C)CC. The highest BCUT2D eigenvalue weighted by atomic mass is 16.1. The van der Waals surface area contributed by atoms with Gasteiger partial charge in [0.25, 0.3) is 5.56 Å². The van der Waals surface area contributed by atoms with E-state index in [1.807, 2.05) is 18.5 Å². The number of piperidine rings is 1. The molecule has 1 unspecified atom stereocenters. The lowest BCUT2D eigenvalue weighted by Gasteiger charge is -2.31. The number of likely N-dealkylation sites (tertiary alicyclic amines) is 1. The summed E-state index contributed by atoms with van der Waals surface area (Å²) < 4.78 is 1.70. The number of hydrogen-bond acceptors (Lipinski definition) is 4. The molecular weight excluding hydrogens is 420 g/mol. The van der Waals surface area contributed by atoms with Gasteiger partial charge in [0.1, 0.15) is 5.65 Å². The number of nitrogens with zero attached hydrogens (tertiary/aromatic N) is 4. The summed E-state index contributed by atoms with van der Waals surface area (Å²) in [5, 5.41) is 0. The summed E-state index contributed by atoms with van der Waals surface area (Å²) in [7, 11) is 0. The number of rotatable bonds is 6. The summed E-state index contributed by atoms with van der Waals surface area (Å²) >= 11 is 0. The van der Waals surface area contributed by atoms with E-state index in [9.17, 15) is 4.79 Å². The number of pyridine rings is 1. The topological polar surface area (TPSA) is 40.9 Å². The standard InChI is InChI=1S/C29H38N4O/c1-7-20(3)22(5)17-32-18-26(15-21(4)23(32)6)27-16-29(34)33-19-25(9-10-28(33)30-27)24-11-13-31(8-2)14-12-24/h9-10,15-20,24H,6-8,11-14H2,1-5H3/b22-17-. The fraction of sp³-hybridized carbons (Fsp3) is 0.448. The van der Waals surface area contributed by atoms with Crippen molar-refractivity contribution < 1.29 is 0 Å². The maximum atomic E-state index is 13.1. The van der Waals surface area contributed by atoms with E-state index in [1.165, 1.54) is 11.1 Å². The third-order valence-corrected chi connectivity index (χ3v) is 7.63. The van der Waals surface area contributed by atoms with Crippen molar-refractivity contribution in [3.05, 3.63) is 87.9 Å². The number of fused-ring (bicyclic) bond motifs is 1. The van der Waals surface area contributed by atoms with Crippen LogP contribution in [0.1, 0.15) is 71.1 Å². The van der Waals surface area contributed by atoms with Crippen LogP contribution < -0.4 is 5.56 Å². The Balaban J connectivity index is 1.66. The largest absolute Gasteiger partial charge is 0.324 e. The molecule has 0 aliphatic carbocycles. The molecule has 1 atom stereocenters. The lowest BCUT2D eigenvalue weighted by atomic mass is 9.90. The molecule has 4 heterocycles. The highest BCUT2D eigenvalue weighted by Crippen LogP contribution is 2.30. The third kappa shape index (κ3) is 4.95. The zero-order chi connectivity index (χ0) is 24.4. The van der Waals surface area contributed by atoms with Crippen LogP contribution in [0.25, 0.3) is 11.2 Å². The van der Waals surface area contributed by atoms with Crippen LogP contribution in [0.4, 0.5) is 0 Å². The van der Waals surface area contributed by atoms with Gasteiger partial charge in [0.15, 0.2) is 0 Å². The van der Waals surface area contributed by atoms with E-state index in [1.54, 1.807) is 10.5 Å².